The third-order valence-corrected chi connectivity index (χ3v) is 2.87. The normalized spacial score (nSPS) is 24.5. The number of hydrogen-bond donors (Lipinski definition) is 0. The summed E-state index contributed by atoms with van der Waals surface area (Å²) in [4.78, 5) is 15.9. The van der Waals surface area contributed by atoms with Crippen molar-refractivity contribution in [1.29, 1.82) is 0 Å². The third-order valence-electron chi connectivity index (χ3n) is 2.87. The molecule has 3 heteroatoms. The first-order valence-corrected chi connectivity index (χ1v) is 5.30. The highest BCUT2D eigenvalue weighted by molar-refractivity contribution is 5.87. The molecule has 1 heterocycles. The van der Waals surface area contributed by atoms with Gasteiger partial charge in [0.15, 0.2) is 0 Å². The van der Waals surface area contributed by atoms with E-state index in [2.05, 4.69) is 18.9 Å². The van der Waals surface area contributed by atoms with E-state index in [1.165, 1.54) is 0 Å². The molecule has 1 amide bonds. The Labute approximate surface area is 86.4 Å². The van der Waals surface area contributed by atoms with Gasteiger partial charge in [-0.1, -0.05) is 13.0 Å². The molecule has 1 aliphatic rings. The van der Waals surface area contributed by atoms with E-state index in [1.807, 2.05) is 17.9 Å². The van der Waals surface area contributed by atoms with Crippen molar-refractivity contribution in [2.24, 2.45) is 0 Å². The van der Waals surface area contributed by atoms with Gasteiger partial charge in [-0.2, -0.15) is 0 Å². The quantitative estimate of drug-likeness (QED) is 0.618. The molecule has 1 unspecified atom stereocenters. The summed E-state index contributed by atoms with van der Waals surface area (Å²) in [6.07, 6.45) is 4.57. The molecule has 1 atom stereocenters. The van der Waals surface area contributed by atoms with Crippen LogP contribution in [0.3, 0.4) is 0 Å². The lowest BCUT2D eigenvalue weighted by Gasteiger charge is -2.38. The number of amides is 1. The molecule has 0 radical (unpaired) electrons. The molecule has 0 N–H and O–H groups in total. The Morgan fingerprint density at radius 1 is 1.50 bits per heavy atom. The fraction of sp³-hybridized carbons (Fsp3) is 0.727. The third kappa shape index (κ3) is 2.58. The Bertz CT molecular complexity index is 225. The number of carbonyl (C=O) groups excluding carboxylic acids is 1. The van der Waals surface area contributed by atoms with Crippen LogP contribution in [0.4, 0.5) is 0 Å². The smallest absolute Gasteiger partial charge is 0.246 e. The Balaban J connectivity index is 2.54. The van der Waals surface area contributed by atoms with Crippen LogP contribution in [0.15, 0.2) is 12.2 Å². The van der Waals surface area contributed by atoms with E-state index in [1.54, 1.807) is 6.08 Å². The van der Waals surface area contributed by atoms with Gasteiger partial charge in [-0.3, -0.25) is 9.69 Å². The van der Waals surface area contributed by atoms with E-state index < -0.39 is 0 Å². The minimum atomic E-state index is 0.152. The molecule has 0 aliphatic carbocycles. The second-order valence-corrected chi connectivity index (χ2v) is 3.83. The van der Waals surface area contributed by atoms with Gasteiger partial charge in [0.2, 0.25) is 5.91 Å². The van der Waals surface area contributed by atoms with Crippen molar-refractivity contribution < 1.29 is 4.79 Å². The maximum atomic E-state index is 11.6. The van der Waals surface area contributed by atoms with Crippen molar-refractivity contribution in [1.82, 2.24) is 9.80 Å². The molecule has 0 bridgehead atoms. The van der Waals surface area contributed by atoms with Gasteiger partial charge in [0, 0.05) is 25.7 Å². The molecule has 0 aromatic heterocycles. The number of rotatable bonds is 2. The van der Waals surface area contributed by atoms with Gasteiger partial charge >= 0.3 is 0 Å². The van der Waals surface area contributed by atoms with Crippen molar-refractivity contribution in [3.8, 4) is 0 Å². The van der Waals surface area contributed by atoms with Gasteiger partial charge in [-0.25, -0.2) is 0 Å². The molecule has 14 heavy (non-hydrogen) atoms. The summed E-state index contributed by atoms with van der Waals surface area (Å²) in [6, 6.07) is 0.526. The molecular formula is C11H20N2O. The average Bonchev–Trinajstić information content (AvgIpc) is 2.19. The maximum absolute atomic E-state index is 11.6. The first kappa shape index (κ1) is 11.2. The number of hydrogen-bond acceptors (Lipinski definition) is 2. The summed E-state index contributed by atoms with van der Waals surface area (Å²) in [7, 11) is 2.13. The minimum Gasteiger partial charge on any atom is -0.336 e. The summed E-state index contributed by atoms with van der Waals surface area (Å²) in [5.74, 6) is 0.152. The van der Waals surface area contributed by atoms with Crippen LogP contribution in [0, 0.1) is 0 Å². The van der Waals surface area contributed by atoms with Crippen LogP contribution >= 0.6 is 0 Å². The SMILES string of the molecule is CC=CC(=O)N1CCN(C)C(CC)C1. The van der Waals surface area contributed by atoms with Crippen molar-refractivity contribution in [2.75, 3.05) is 26.7 Å². The van der Waals surface area contributed by atoms with Crippen molar-refractivity contribution >= 4 is 5.91 Å². The lowest BCUT2D eigenvalue weighted by Crippen LogP contribution is -2.52. The summed E-state index contributed by atoms with van der Waals surface area (Å²) in [6.45, 7) is 6.77. The van der Waals surface area contributed by atoms with Gasteiger partial charge < -0.3 is 4.90 Å². The van der Waals surface area contributed by atoms with E-state index >= 15 is 0 Å². The number of allylic oxidation sites excluding steroid dienone is 1. The van der Waals surface area contributed by atoms with E-state index in [9.17, 15) is 4.79 Å². The zero-order chi connectivity index (χ0) is 10.6. The molecule has 1 saturated heterocycles. The zero-order valence-corrected chi connectivity index (χ0v) is 9.36. The second kappa shape index (κ2) is 5.15. The Morgan fingerprint density at radius 3 is 2.79 bits per heavy atom. The Morgan fingerprint density at radius 2 is 2.21 bits per heavy atom. The van der Waals surface area contributed by atoms with E-state index in [0.29, 0.717) is 6.04 Å². The number of carbonyl (C=O) groups is 1. The fourth-order valence-electron chi connectivity index (χ4n) is 1.84. The Kier molecular flexibility index (Phi) is 4.14. The van der Waals surface area contributed by atoms with Crippen molar-refractivity contribution in [3.05, 3.63) is 12.2 Å². The molecule has 1 fully saturated rings. The van der Waals surface area contributed by atoms with Crippen molar-refractivity contribution in [2.45, 2.75) is 26.3 Å². The molecule has 0 spiro atoms. The van der Waals surface area contributed by atoms with E-state index in [-0.39, 0.29) is 5.91 Å². The standard InChI is InChI=1S/C11H20N2O/c1-4-6-11(14)13-8-7-12(3)10(5-2)9-13/h4,6,10H,5,7-9H2,1-3H3. The summed E-state index contributed by atoms with van der Waals surface area (Å²) >= 11 is 0. The molecule has 80 valence electrons. The van der Waals surface area contributed by atoms with Crippen LogP contribution in [0.2, 0.25) is 0 Å². The molecule has 1 aliphatic heterocycles. The highest BCUT2D eigenvalue weighted by Gasteiger charge is 2.24. The van der Waals surface area contributed by atoms with Crippen molar-refractivity contribution in [3.63, 3.8) is 0 Å². The van der Waals surface area contributed by atoms with E-state index in [4.69, 9.17) is 0 Å². The van der Waals surface area contributed by atoms with Crippen LogP contribution in [0.25, 0.3) is 0 Å². The van der Waals surface area contributed by atoms with Gasteiger partial charge in [-0.15, -0.1) is 0 Å². The highest BCUT2D eigenvalue weighted by Crippen LogP contribution is 2.10. The molecule has 1 rings (SSSR count). The molecule has 0 aromatic rings. The fourth-order valence-corrected chi connectivity index (χ4v) is 1.84. The summed E-state index contributed by atoms with van der Waals surface area (Å²) in [5, 5.41) is 0. The predicted molar refractivity (Wildman–Crippen MR) is 58.1 cm³/mol. The first-order valence-electron chi connectivity index (χ1n) is 5.30. The lowest BCUT2D eigenvalue weighted by atomic mass is 10.1. The van der Waals surface area contributed by atoms with Gasteiger partial charge in [-0.05, 0) is 26.5 Å². The topological polar surface area (TPSA) is 23.6 Å². The molecule has 3 nitrogen and oxygen atoms in total. The predicted octanol–water partition coefficient (Wildman–Crippen LogP) is 1.12. The molecule has 0 saturated carbocycles. The number of likely N-dealkylation sites (N-methyl/N-ethyl adjacent to an activating group) is 1. The first-order chi connectivity index (χ1) is 6.69. The van der Waals surface area contributed by atoms with Crippen LogP contribution in [0.5, 0.6) is 0 Å². The molecular weight excluding hydrogens is 176 g/mol. The monoisotopic (exact) mass is 196 g/mol. The van der Waals surface area contributed by atoms with Crippen LogP contribution in [-0.2, 0) is 4.79 Å². The maximum Gasteiger partial charge on any atom is 0.246 e. The summed E-state index contributed by atoms with van der Waals surface area (Å²) in [5.41, 5.74) is 0. The number of nitrogens with zero attached hydrogens (tertiary/aromatic N) is 2. The van der Waals surface area contributed by atoms with E-state index in [0.717, 1.165) is 26.1 Å². The largest absolute Gasteiger partial charge is 0.336 e. The summed E-state index contributed by atoms with van der Waals surface area (Å²) < 4.78 is 0. The minimum absolute atomic E-state index is 0.152. The average molecular weight is 196 g/mol. The van der Waals surface area contributed by atoms with Gasteiger partial charge in [0.1, 0.15) is 0 Å². The lowest BCUT2D eigenvalue weighted by molar-refractivity contribution is -0.128. The second-order valence-electron chi connectivity index (χ2n) is 3.83. The highest BCUT2D eigenvalue weighted by atomic mass is 16.2. The zero-order valence-electron chi connectivity index (χ0n) is 9.36. The van der Waals surface area contributed by atoms with Gasteiger partial charge in [0.25, 0.3) is 0 Å². The Hall–Kier alpha value is -0.830. The van der Waals surface area contributed by atoms with Gasteiger partial charge in [0.05, 0.1) is 0 Å². The van der Waals surface area contributed by atoms with Crippen LogP contribution in [-0.4, -0.2) is 48.4 Å². The van der Waals surface area contributed by atoms with Crippen LogP contribution < -0.4 is 0 Å². The molecule has 0 aromatic carbocycles. The number of piperazine rings is 1. The van der Waals surface area contributed by atoms with Crippen LogP contribution in [0.1, 0.15) is 20.3 Å².